The zero-order chi connectivity index (χ0) is 21.3. The van der Waals surface area contributed by atoms with Gasteiger partial charge in [0.2, 0.25) is 5.91 Å². The fourth-order valence-corrected chi connectivity index (χ4v) is 5.23. The first-order valence-electron chi connectivity index (χ1n) is 8.91. The summed E-state index contributed by atoms with van der Waals surface area (Å²) in [7, 11) is 0. The first-order valence-corrected chi connectivity index (χ1v) is 11.4. The first kappa shape index (κ1) is 20.9. The van der Waals surface area contributed by atoms with Gasteiger partial charge in [-0.15, -0.1) is 11.3 Å². The smallest absolute Gasteiger partial charge is 0.260 e. The van der Waals surface area contributed by atoms with Gasteiger partial charge in [-0.05, 0) is 30.7 Å². The summed E-state index contributed by atoms with van der Waals surface area (Å²) in [6, 6.07) is 14.5. The van der Waals surface area contributed by atoms with Gasteiger partial charge in [-0.25, -0.2) is 4.98 Å². The van der Waals surface area contributed by atoms with Crippen molar-refractivity contribution in [2.75, 3.05) is 5.32 Å². The molecular weight excluding hydrogens is 461 g/mol. The zero-order valence-corrected chi connectivity index (χ0v) is 18.8. The van der Waals surface area contributed by atoms with Crippen LogP contribution >= 0.6 is 46.3 Å². The van der Waals surface area contributed by atoms with Crippen LogP contribution in [0.25, 0.3) is 21.3 Å². The van der Waals surface area contributed by atoms with E-state index in [0.717, 1.165) is 11.1 Å². The summed E-state index contributed by atoms with van der Waals surface area (Å²) in [6.07, 6.45) is 0. The van der Waals surface area contributed by atoms with E-state index in [1.165, 1.54) is 23.1 Å². The average molecular weight is 476 g/mol. The second-order valence-corrected chi connectivity index (χ2v) is 9.53. The van der Waals surface area contributed by atoms with Crippen LogP contribution < -0.4 is 10.9 Å². The molecule has 2 N–H and O–H groups in total. The first-order chi connectivity index (χ1) is 14.4. The van der Waals surface area contributed by atoms with Gasteiger partial charge in [-0.3, -0.25) is 9.59 Å². The maximum atomic E-state index is 12.7. The minimum Gasteiger partial charge on any atom is -0.325 e. The summed E-state index contributed by atoms with van der Waals surface area (Å²) in [5.74, 6) is -0.253. The van der Waals surface area contributed by atoms with E-state index in [2.05, 4.69) is 15.3 Å². The number of halogens is 2. The highest BCUT2D eigenvalue weighted by Crippen LogP contribution is 2.32. The number of fused-ring (bicyclic) bond motifs is 1. The highest BCUT2D eigenvalue weighted by atomic mass is 35.5. The molecule has 1 unspecified atom stereocenters. The monoisotopic (exact) mass is 475 g/mol. The number of thioether (sulfide) groups is 1. The summed E-state index contributed by atoms with van der Waals surface area (Å²) >= 11 is 14.5. The summed E-state index contributed by atoms with van der Waals surface area (Å²) in [5.41, 5.74) is 2.10. The molecule has 0 bridgehead atoms. The van der Waals surface area contributed by atoms with Crippen LogP contribution in [0.4, 0.5) is 5.69 Å². The van der Waals surface area contributed by atoms with Crippen LogP contribution in [0.1, 0.15) is 6.92 Å². The third-order valence-corrected chi connectivity index (χ3v) is 6.59. The molecule has 0 saturated carbocycles. The number of hydrogen-bond donors (Lipinski definition) is 2. The number of aromatic nitrogens is 2. The number of rotatable bonds is 5. The van der Waals surface area contributed by atoms with Crippen molar-refractivity contribution in [3.05, 3.63) is 74.3 Å². The van der Waals surface area contributed by atoms with Crippen molar-refractivity contribution in [3.8, 4) is 11.1 Å². The van der Waals surface area contributed by atoms with E-state index < -0.39 is 5.25 Å². The second-order valence-electron chi connectivity index (χ2n) is 6.47. The number of amides is 1. The van der Waals surface area contributed by atoms with Crippen molar-refractivity contribution >= 4 is 68.1 Å². The second kappa shape index (κ2) is 8.81. The number of carbonyl (C=O) groups excluding carboxylic acids is 1. The maximum Gasteiger partial charge on any atom is 0.260 e. The van der Waals surface area contributed by atoms with E-state index in [-0.39, 0.29) is 11.5 Å². The number of H-pyrrole nitrogens is 1. The number of nitrogens with one attached hydrogen (secondary N) is 2. The molecule has 1 atom stereocenters. The fraction of sp³-hybridized carbons (Fsp3) is 0.0952. The van der Waals surface area contributed by atoms with Crippen LogP contribution in [0.2, 0.25) is 10.0 Å². The number of aromatic amines is 1. The molecule has 0 aliphatic heterocycles. The minimum atomic E-state index is -0.503. The number of hydrogen-bond acceptors (Lipinski definition) is 5. The van der Waals surface area contributed by atoms with Crippen molar-refractivity contribution < 1.29 is 4.79 Å². The number of benzene rings is 2. The van der Waals surface area contributed by atoms with Gasteiger partial charge >= 0.3 is 0 Å². The van der Waals surface area contributed by atoms with Crippen molar-refractivity contribution in [1.29, 1.82) is 0 Å². The number of anilines is 1. The van der Waals surface area contributed by atoms with E-state index in [4.69, 9.17) is 23.2 Å². The largest absolute Gasteiger partial charge is 0.325 e. The molecule has 152 valence electrons. The average Bonchev–Trinajstić information content (AvgIpc) is 3.12. The summed E-state index contributed by atoms with van der Waals surface area (Å²) in [5, 5.41) is 6.01. The molecule has 9 heteroatoms. The van der Waals surface area contributed by atoms with Crippen molar-refractivity contribution in [1.82, 2.24) is 9.97 Å². The van der Waals surface area contributed by atoms with Gasteiger partial charge in [-0.1, -0.05) is 65.3 Å². The van der Waals surface area contributed by atoms with Crippen molar-refractivity contribution in [3.63, 3.8) is 0 Å². The van der Waals surface area contributed by atoms with Gasteiger partial charge in [0.15, 0.2) is 5.16 Å². The van der Waals surface area contributed by atoms with E-state index in [1.807, 2.05) is 35.7 Å². The highest BCUT2D eigenvalue weighted by Gasteiger charge is 2.19. The lowest BCUT2D eigenvalue weighted by atomic mass is 10.1. The van der Waals surface area contributed by atoms with Gasteiger partial charge in [0, 0.05) is 26.7 Å². The molecule has 2 heterocycles. The van der Waals surface area contributed by atoms with Crippen molar-refractivity contribution in [2.24, 2.45) is 0 Å². The molecule has 0 aliphatic rings. The third-order valence-electron chi connectivity index (χ3n) is 4.29. The van der Waals surface area contributed by atoms with Gasteiger partial charge in [-0.2, -0.15) is 0 Å². The molecule has 2 aromatic heterocycles. The van der Waals surface area contributed by atoms with Crippen LogP contribution in [0.5, 0.6) is 0 Å². The molecule has 2 aromatic carbocycles. The van der Waals surface area contributed by atoms with E-state index >= 15 is 0 Å². The Balaban J connectivity index is 1.55. The molecule has 4 aromatic rings. The highest BCUT2D eigenvalue weighted by molar-refractivity contribution is 8.00. The van der Waals surface area contributed by atoms with Gasteiger partial charge in [0.25, 0.3) is 5.56 Å². The van der Waals surface area contributed by atoms with E-state index in [0.29, 0.717) is 31.1 Å². The summed E-state index contributed by atoms with van der Waals surface area (Å²) < 4.78 is 0. The lowest BCUT2D eigenvalue weighted by molar-refractivity contribution is -0.115. The molecular formula is C21H15Cl2N3O2S2. The fourth-order valence-electron chi connectivity index (χ4n) is 2.91. The van der Waals surface area contributed by atoms with Gasteiger partial charge in [0.05, 0.1) is 10.6 Å². The Morgan fingerprint density at radius 1 is 1.17 bits per heavy atom. The standard InChI is InChI=1S/C21H15Cl2N3O2S2/c1-11(18(27)24-15-8-13(22)7-14(23)9-15)30-21-25-19(28)17-16(10-29-20(17)26-21)12-5-3-2-4-6-12/h2-11H,1H3,(H,24,27)(H,25,26,28). The quantitative estimate of drug-likeness (QED) is 0.271. The SMILES string of the molecule is CC(Sc1nc2scc(-c3ccccc3)c2c(=O)[nH]1)C(=O)Nc1cc(Cl)cc(Cl)c1. The molecule has 5 nitrogen and oxygen atoms in total. The van der Waals surface area contributed by atoms with Gasteiger partial charge in [0.1, 0.15) is 4.83 Å². The molecule has 0 aliphatic carbocycles. The Hall–Kier alpha value is -2.32. The number of thiophene rings is 1. The number of carbonyl (C=O) groups is 1. The van der Waals surface area contributed by atoms with Crippen LogP contribution in [-0.2, 0) is 4.79 Å². The molecule has 4 rings (SSSR count). The minimum absolute atomic E-state index is 0.225. The maximum absolute atomic E-state index is 12.7. The molecule has 0 radical (unpaired) electrons. The Morgan fingerprint density at radius 3 is 2.57 bits per heavy atom. The van der Waals surface area contributed by atoms with Crippen LogP contribution in [0, 0.1) is 0 Å². The van der Waals surface area contributed by atoms with Crippen LogP contribution in [0.15, 0.2) is 63.9 Å². The Kier molecular flexibility index (Phi) is 6.15. The lowest BCUT2D eigenvalue weighted by Gasteiger charge is -2.12. The normalized spacial score (nSPS) is 12.1. The number of nitrogens with zero attached hydrogens (tertiary/aromatic N) is 1. The Labute approximate surface area is 190 Å². The van der Waals surface area contributed by atoms with Crippen LogP contribution in [-0.4, -0.2) is 21.1 Å². The molecule has 1 amide bonds. The Morgan fingerprint density at radius 2 is 1.87 bits per heavy atom. The topological polar surface area (TPSA) is 74.8 Å². The molecule has 30 heavy (non-hydrogen) atoms. The summed E-state index contributed by atoms with van der Waals surface area (Å²) in [6.45, 7) is 1.74. The molecule has 0 saturated heterocycles. The third kappa shape index (κ3) is 4.54. The van der Waals surface area contributed by atoms with E-state index in [9.17, 15) is 9.59 Å². The molecule has 0 fully saturated rings. The van der Waals surface area contributed by atoms with E-state index in [1.54, 1.807) is 25.1 Å². The zero-order valence-electron chi connectivity index (χ0n) is 15.6. The Bertz CT molecular complexity index is 1270. The summed E-state index contributed by atoms with van der Waals surface area (Å²) in [4.78, 5) is 33.3. The predicted molar refractivity (Wildman–Crippen MR) is 126 cm³/mol. The lowest BCUT2D eigenvalue weighted by Crippen LogP contribution is -2.23. The predicted octanol–water partition coefficient (Wildman–Crippen LogP) is 6.08. The van der Waals surface area contributed by atoms with Gasteiger partial charge < -0.3 is 10.3 Å². The van der Waals surface area contributed by atoms with Crippen LogP contribution in [0.3, 0.4) is 0 Å². The molecule has 0 spiro atoms. The van der Waals surface area contributed by atoms with Crippen molar-refractivity contribution in [2.45, 2.75) is 17.3 Å².